The Hall–Kier alpha value is -3.80. The Balaban J connectivity index is 1.81. The molecule has 128 valence electrons. The highest BCUT2D eigenvalue weighted by Crippen LogP contribution is 2.45. The van der Waals surface area contributed by atoms with E-state index in [0.717, 1.165) is 10.8 Å². The third kappa shape index (κ3) is 2.53. The number of aromatic nitrogens is 1. The molecule has 0 atom stereocenters. The zero-order chi connectivity index (χ0) is 18.1. The summed E-state index contributed by atoms with van der Waals surface area (Å²) < 4.78 is 1.23. The molecule has 26 heavy (non-hydrogen) atoms. The van der Waals surface area contributed by atoms with Crippen LogP contribution in [0.5, 0.6) is 11.8 Å². The number of hydrogen-bond donors (Lipinski definition) is 3. The van der Waals surface area contributed by atoms with Gasteiger partial charge in [0.1, 0.15) is 5.69 Å². The van der Waals surface area contributed by atoms with Crippen LogP contribution in [0.3, 0.4) is 0 Å². The average Bonchev–Trinajstić information content (AvgIpc) is 2.89. The van der Waals surface area contributed by atoms with E-state index in [4.69, 9.17) is 5.73 Å². The monoisotopic (exact) mass is 344 g/mol. The molecule has 0 spiro atoms. The number of aromatic hydroxyl groups is 2. The fraction of sp³-hybridized carbons (Fsp3) is 0. The fourth-order valence-electron chi connectivity index (χ4n) is 2.87. The molecule has 3 aromatic carbocycles. The summed E-state index contributed by atoms with van der Waals surface area (Å²) in [6, 6.07) is 22.4. The molecule has 0 radical (unpaired) electrons. The van der Waals surface area contributed by atoms with Crippen molar-refractivity contribution in [1.29, 1.82) is 0 Å². The number of nitrogens with two attached hydrogens (primary N) is 1. The Morgan fingerprint density at radius 2 is 1.42 bits per heavy atom. The smallest absolute Gasteiger partial charge is 0.229 e. The summed E-state index contributed by atoms with van der Waals surface area (Å²) in [7, 11) is 0. The van der Waals surface area contributed by atoms with Gasteiger partial charge < -0.3 is 15.9 Å². The van der Waals surface area contributed by atoms with E-state index in [2.05, 4.69) is 10.2 Å². The summed E-state index contributed by atoms with van der Waals surface area (Å²) in [5, 5.41) is 31.1. The van der Waals surface area contributed by atoms with Crippen molar-refractivity contribution in [3.8, 4) is 17.4 Å². The largest absolute Gasteiger partial charge is 0.493 e. The zero-order valence-electron chi connectivity index (χ0n) is 13.7. The van der Waals surface area contributed by atoms with Gasteiger partial charge in [-0.15, -0.1) is 10.2 Å². The van der Waals surface area contributed by atoms with E-state index >= 15 is 0 Å². The zero-order valence-corrected chi connectivity index (χ0v) is 13.7. The molecule has 0 unspecified atom stereocenters. The Morgan fingerprint density at radius 3 is 2.23 bits per heavy atom. The van der Waals surface area contributed by atoms with Crippen molar-refractivity contribution in [1.82, 2.24) is 4.57 Å². The summed E-state index contributed by atoms with van der Waals surface area (Å²) in [5.74, 6) is -0.546. The molecular weight excluding hydrogens is 328 g/mol. The van der Waals surface area contributed by atoms with Crippen LogP contribution >= 0.6 is 0 Å². The molecule has 6 heteroatoms. The van der Waals surface area contributed by atoms with Crippen molar-refractivity contribution >= 4 is 27.8 Å². The first-order chi connectivity index (χ1) is 12.7. The van der Waals surface area contributed by atoms with Crippen LogP contribution < -0.4 is 5.73 Å². The summed E-state index contributed by atoms with van der Waals surface area (Å²) in [6.45, 7) is 0. The summed E-state index contributed by atoms with van der Waals surface area (Å²) in [5.41, 5.74) is 7.15. The number of para-hydroxylation sites is 1. The maximum atomic E-state index is 10.5. The van der Waals surface area contributed by atoms with Gasteiger partial charge in [0.2, 0.25) is 11.8 Å². The van der Waals surface area contributed by atoms with Crippen LogP contribution in [0.25, 0.3) is 16.5 Å². The lowest BCUT2D eigenvalue weighted by Crippen LogP contribution is -1.92. The van der Waals surface area contributed by atoms with Gasteiger partial charge in [-0.05, 0) is 23.6 Å². The number of anilines is 1. The normalized spacial score (nSPS) is 11.4. The second kappa shape index (κ2) is 6.25. The molecule has 6 nitrogen and oxygen atoms in total. The first-order valence-corrected chi connectivity index (χ1v) is 8.04. The van der Waals surface area contributed by atoms with E-state index in [1.54, 1.807) is 24.3 Å². The number of benzene rings is 3. The highest BCUT2D eigenvalue weighted by atomic mass is 16.3. The van der Waals surface area contributed by atoms with Crippen molar-refractivity contribution in [3.63, 3.8) is 0 Å². The first kappa shape index (κ1) is 15.7. The Bertz CT molecular complexity index is 1110. The number of nitrogens with zero attached hydrogens (tertiary/aromatic N) is 3. The topological polar surface area (TPSA) is 96.1 Å². The van der Waals surface area contributed by atoms with E-state index < -0.39 is 0 Å². The molecule has 1 heterocycles. The van der Waals surface area contributed by atoms with Gasteiger partial charge >= 0.3 is 0 Å². The number of azo groups is 1. The van der Waals surface area contributed by atoms with Gasteiger partial charge in [-0.25, -0.2) is 4.57 Å². The summed E-state index contributed by atoms with van der Waals surface area (Å²) in [6.07, 6.45) is 0. The lowest BCUT2D eigenvalue weighted by Gasteiger charge is -2.05. The minimum absolute atomic E-state index is 0.0271. The maximum Gasteiger partial charge on any atom is 0.229 e. The fourth-order valence-corrected chi connectivity index (χ4v) is 2.87. The van der Waals surface area contributed by atoms with Gasteiger partial charge in [0.25, 0.3) is 0 Å². The first-order valence-electron chi connectivity index (χ1n) is 8.04. The molecule has 0 saturated carbocycles. The second-order valence-electron chi connectivity index (χ2n) is 5.78. The molecule has 0 aliphatic rings. The Kier molecular flexibility index (Phi) is 3.78. The Morgan fingerprint density at radius 1 is 0.731 bits per heavy atom. The number of rotatable bonds is 3. The van der Waals surface area contributed by atoms with Gasteiger partial charge in [-0.2, -0.15) is 0 Å². The van der Waals surface area contributed by atoms with Crippen molar-refractivity contribution in [3.05, 3.63) is 72.8 Å². The molecular formula is C20H16N4O2. The van der Waals surface area contributed by atoms with E-state index in [-0.39, 0.29) is 23.1 Å². The molecule has 0 saturated heterocycles. The van der Waals surface area contributed by atoms with Gasteiger partial charge in [0.15, 0.2) is 5.69 Å². The SMILES string of the molecule is Nc1c(N=Nc2cccc3ccccc23)c(O)n(-c2ccccc2)c1O. The predicted molar refractivity (Wildman–Crippen MR) is 102 cm³/mol. The van der Waals surface area contributed by atoms with Crippen molar-refractivity contribution in [2.24, 2.45) is 10.2 Å². The number of fused-ring (bicyclic) bond motifs is 1. The van der Waals surface area contributed by atoms with Crippen LogP contribution in [0.4, 0.5) is 17.1 Å². The van der Waals surface area contributed by atoms with Gasteiger partial charge in [-0.1, -0.05) is 54.6 Å². The molecule has 0 aliphatic heterocycles. The molecule has 0 bridgehead atoms. The maximum absolute atomic E-state index is 10.5. The van der Waals surface area contributed by atoms with Crippen molar-refractivity contribution in [2.45, 2.75) is 0 Å². The Labute approximate surface area is 149 Å². The lowest BCUT2D eigenvalue weighted by molar-refractivity contribution is 0.404. The van der Waals surface area contributed by atoms with E-state index in [1.165, 1.54) is 4.57 Å². The molecule has 0 aliphatic carbocycles. The molecule has 4 aromatic rings. The summed E-state index contributed by atoms with van der Waals surface area (Å²) in [4.78, 5) is 0. The highest BCUT2D eigenvalue weighted by Gasteiger charge is 2.21. The van der Waals surface area contributed by atoms with E-state index in [0.29, 0.717) is 11.4 Å². The third-order valence-electron chi connectivity index (χ3n) is 4.17. The van der Waals surface area contributed by atoms with Gasteiger partial charge in [-0.3, -0.25) is 0 Å². The van der Waals surface area contributed by atoms with Crippen LogP contribution in [-0.4, -0.2) is 14.8 Å². The number of hydrogen-bond acceptors (Lipinski definition) is 5. The lowest BCUT2D eigenvalue weighted by atomic mass is 10.1. The third-order valence-corrected chi connectivity index (χ3v) is 4.17. The van der Waals surface area contributed by atoms with Crippen LogP contribution in [-0.2, 0) is 0 Å². The van der Waals surface area contributed by atoms with E-state index in [9.17, 15) is 10.2 Å². The standard InChI is InChI=1S/C20H16N4O2/c21-17-18(20(26)24(19(17)25)14-9-2-1-3-10-14)23-22-16-12-6-8-13-7-4-5-11-15(13)16/h1-12,25-26H,21H2. The molecule has 0 amide bonds. The van der Waals surface area contributed by atoms with Gasteiger partial charge in [0.05, 0.1) is 11.4 Å². The van der Waals surface area contributed by atoms with E-state index in [1.807, 2.05) is 48.5 Å². The van der Waals surface area contributed by atoms with Crippen molar-refractivity contribution in [2.75, 3.05) is 5.73 Å². The summed E-state index contributed by atoms with van der Waals surface area (Å²) >= 11 is 0. The second-order valence-corrected chi connectivity index (χ2v) is 5.78. The predicted octanol–water partition coefficient (Wildman–Crippen LogP) is 5.04. The highest BCUT2D eigenvalue weighted by molar-refractivity contribution is 5.92. The molecule has 1 aromatic heterocycles. The van der Waals surface area contributed by atoms with Crippen molar-refractivity contribution < 1.29 is 10.2 Å². The quantitative estimate of drug-likeness (QED) is 0.454. The minimum Gasteiger partial charge on any atom is -0.493 e. The average molecular weight is 344 g/mol. The van der Waals surface area contributed by atoms with Crippen LogP contribution in [0.15, 0.2) is 83.0 Å². The number of nitrogen functional groups attached to an aromatic ring is 1. The van der Waals surface area contributed by atoms with Crippen LogP contribution in [0.2, 0.25) is 0 Å². The van der Waals surface area contributed by atoms with Crippen LogP contribution in [0, 0.1) is 0 Å². The molecule has 4 rings (SSSR count). The molecule has 4 N–H and O–H groups in total. The molecule has 0 fully saturated rings. The van der Waals surface area contributed by atoms with Gasteiger partial charge in [0, 0.05) is 5.39 Å². The minimum atomic E-state index is -0.277. The van der Waals surface area contributed by atoms with Crippen LogP contribution in [0.1, 0.15) is 0 Å².